The summed E-state index contributed by atoms with van der Waals surface area (Å²) in [5, 5.41) is 0. The van der Waals surface area contributed by atoms with Crippen molar-refractivity contribution in [3.63, 3.8) is 0 Å². The zero-order chi connectivity index (χ0) is 19.6. The molecule has 2 aliphatic heterocycles. The molecule has 1 atom stereocenters. The molecule has 148 valence electrons. The lowest BCUT2D eigenvalue weighted by atomic mass is 9.92. The van der Waals surface area contributed by atoms with Gasteiger partial charge in [-0.2, -0.15) is 0 Å². The predicted molar refractivity (Wildman–Crippen MR) is 106 cm³/mol. The van der Waals surface area contributed by atoms with Crippen LogP contribution in [0, 0.1) is 12.7 Å². The molecule has 3 heterocycles. The van der Waals surface area contributed by atoms with Gasteiger partial charge in [0.15, 0.2) is 0 Å². The normalized spacial score (nSPS) is 23.8. The summed E-state index contributed by atoms with van der Waals surface area (Å²) in [5.41, 5.74) is 2.76. The molecule has 1 spiro atoms. The first-order chi connectivity index (χ1) is 13.5. The Morgan fingerprint density at radius 1 is 1.25 bits per heavy atom. The molecule has 1 aromatic heterocycles. The van der Waals surface area contributed by atoms with E-state index >= 15 is 0 Å². The number of carbonyl (C=O) groups excluding carboxylic acids is 1. The molecule has 2 aliphatic rings. The van der Waals surface area contributed by atoms with Crippen molar-refractivity contribution in [1.82, 2.24) is 9.88 Å². The van der Waals surface area contributed by atoms with E-state index in [4.69, 9.17) is 4.74 Å². The van der Waals surface area contributed by atoms with Crippen molar-refractivity contribution in [2.45, 2.75) is 38.3 Å². The van der Waals surface area contributed by atoms with E-state index in [1.165, 1.54) is 23.3 Å². The van der Waals surface area contributed by atoms with Gasteiger partial charge in [-0.3, -0.25) is 14.7 Å². The number of aryl methyl sites for hydroxylation is 1. The van der Waals surface area contributed by atoms with Crippen molar-refractivity contribution in [3.8, 4) is 0 Å². The van der Waals surface area contributed by atoms with E-state index in [1.54, 1.807) is 17.0 Å². The first kappa shape index (κ1) is 19.0. The number of carbonyl (C=O) groups is 1. The average molecular weight is 383 g/mol. The van der Waals surface area contributed by atoms with Crippen LogP contribution in [-0.2, 0) is 16.1 Å². The fourth-order valence-electron chi connectivity index (χ4n) is 4.20. The van der Waals surface area contributed by atoms with Crippen molar-refractivity contribution in [1.29, 1.82) is 0 Å². The molecular weight excluding hydrogens is 357 g/mol. The van der Waals surface area contributed by atoms with Crippen LogP contribution in [0.15, 0.2) is 42.7 Å². The number of aromatic nitrogens is 1. The van der Waals surface area contributed by atoms with Crippen LogP contribution in [0.1, 0.15) is 30.4 Å². The number of pyridine rings is 1. The van der Waals surface area contributed by atoms with Crippen molar-refractivity contribution in [3.05, 3.63) is 59.7 Å². The molecule has 0 saturated carbocycles. The number of nitrogens with zero attached hydrogens (tertiary/aromatic N) is 3. The summed E-state index contributed by atoms with van der Waals surface area (Å²) in [6, 6.07) is 8.33. The molecule has 1 unspecified atom stereocenters. The number of hydrogen-bond donors (Lipinski definition) is 0. The molecule has 4 rings (SSSR count). The van der Waals surface area contributed by atoms with E-state index in [9.17, 15) is 9.18 Å². The first-order valence-electron chi connectivity index (χ1n) is 9.86. The highest BCUT2D eigenvalue weighted by atomic mass is 19.1. The maximum atomic E-state index is 13.7. The van der Waals surface area contributed by atoms with E-state index in [1.807, 2.05) is 12.4 Å². The molecule has 2 saturated heterocycles. The van der Waals surface area contributed by atoms with Gasteiger partial charge in [-0.05, 0) is 68.1 Å². The fraction of sp³-hybridized carbons (Fsp3) is 0.455. The number of anilines is 1. The standard InChI is InChI=1S/C22H26FN3O2/c1-17-13-24-9-6-18(17)14-25-10-3-7-22(8-11-25)16-26(21(27)15-28-22)20-5-2-4-19(23)12-20/h2,4-6,9,12-13H,3,7-8,10-11,14-16H2,1H3. The lowest BCUT2D eigenvalue weighted by Gasteiger charge is -2.42. The monoisotopic (exact) mass is 383 g/mol. The second-order valence-electron chi connectivity index (χ2n) is 7.86. The minimum atomic E-state index is -0.359. The average Bonchev–Trinajstić information content (AvgIpc) is 2.88. The summed E-state index contributed by atoms with van der Waals surface area (Å²) in [6.45, 7) is 5.44. The Bertz CT molecular complexity index is 859. The van der Waals surface area contributed by atoms with E-state index in [0.717, 1.165) is 38.9 Å². The highest BCUT2D eigenvalue weighted by molar-refractivity contribution is 5.95. The minimum Gasteiger partial charge on any atom is -0.363 e. The Balaban J connectivity index is 1.46. The maximum absolute atomic E-state index is 13.7. The van der Waals surface area contributed by atoms with Crippen LogP contribution in [0.2, 0.25) is 0 Å². The molecule has 0 radical (unpaired) electrons. The number of halogens is 1. The van der Waals surface area contributed by atoms with Crippen LogP contribution in [0.5, 0.6) is 0 Å². The van der Waals surface area contributed by atoms with Gasteiger partial charge in [0.1, 0.15) is 12.4 Å². The Labute approximate surface area is 165 Å². The molecule has 0 N–H and O–H groups in total. The SMILES string of the molecule is Cc1cnccc1CN1CCCC2(CC1)CN(c1cccc(F)c1)C(=O)CO2. The second kappa shape index (κ2) is 7.97. The minimum absolute atomic E-state index is 0.0555. The van der Waals surface area contributed by atoms with Crippen LogP contribution < -0.4 is 4.90 Å². The molecule has 2 aromatic rings. The quantitative estimate of drug-likeness (QED) is 0.816. The summed E-state index contributed by atoms with van der Waals surface area (Å²) in [4.78, 5) is 20.7. The zero-order valence-corrected chi connectivity index (χ0v) is 16.2. The van der Waals surface area contributed by atoms with Gasteiger partial charge in [0.25, 0.3) is 5.91 Å². The number of ether oxygens (including phenoxy) is 1. The third-order valence-electron chi connectivity index (χ3n) is 5.89. The Kier molecular flexibility index (Phi) is 5.42. The van der Waals surface area contributed by atoms with Crippen molar-refractivity contribution >= 4 is 11.6 Å². The van der Waals surface area contributed by atoms with Crippen molar-refractivity contribution in [2.24, 2.45) is 0 Å². The largest absolute Gasteiger partial charge is 0.363 e. The van der Waals surface area contributed by atoms with E-state index in [2.05, 4.69) is 22.9 Å². The number of hydrogen-bond acceptors (Lipinski definition) is 4. The van der Waals surface area contributed by atoms with Crippen LogP contribution >= 0.6 is 0 Å². The number of rotatable bonds is 3. The smallest absolute Gasteiger partial charge is 0.253 e. The summed E-state index contributed by atoms with van der Waals surface area (Å²) >= 11 is 0. The highest BCUT2D eigenvalue weighted by Gasteiger charge is 2.41. The van der Waals surface area contributed by atoms with Gasteiger partial charge in [0.05, 0.1) is 12.1 Å². The molecule has 6 heteroatoms. The highest BCUT2D eigenvalue weighted by Crippen LogP contribution is 2.33. The molecular formula is C22H26FN3O2. The third-order valence-corrected chi connectivity index (χ3v) is 5.89. The summed E-state index contributed by atoms with van der Waals surface area (Å²) in [7, 11) is 0. The number of benzene rings is 1. The van der Waals surface area contributed by atoms with E-state index in [-0.39, 0.29) is 23.9 Å². The molecule has 5 nitrogen and oxygen atoms in total. The van der Waals surface area contributed by atoms with Crippen LogP contribution in [0.25, 0.3) is 0 Å². The van der Waals surface area contributed by atoms with Gasteiger partial charge in [0, 0.05) is 31.2 Å². The first-order valence-corrected chi connectivity index (χ1v) is 9.86. The maximum Gasteiger partial charge on any atom is 0.253 e. The summed E-state index contributed by atoms with van der Waals surface area (Å²) < 4.78 is 19.7. The van der Waals surface area contributed by atoms with Crippen LogP contribution in [-0.4, -0.2) is 47.6 Å². The lowest BCUT2D eigenvalue weighted by molar-refractivity contribution is -0.140. The zero-order valence-electron chi connectivity index (χ0n) is 16.2. The predicted octanol–water partition coefficient (Wildman–Crippen LogP) is 3.32. The molecule has 0 aliphatic carbocycles. The lowest BCUT2D eigenvalue weighted by Crippen LogP contribution is -2.55. The second-order valence-corrected chi connectivity index (χ2v) is 7.86. The Hall–Kier alpha value is -2.31. The summed E-state index contributed by atoms with van der Waals surface area (Å²) in [6.07, 6.45) is 6.51. The Morgan fingerprint density at radius 2 is 2.14 bits per heavy atom. The fourth-order valence-corrected chi connectivity index (χ4v) is 4.20. The number of likely N-dealkylation sites (tertiary alicyclic amines) is 1. The van der Waals surface area contributed by atoms with Gasteiger partial charge >= 0.3 is 0 Å². The number of amides is 1. The molecule has 1 aromatic carbocycles. The van der Waals surface area contributed by atoms with Crippen molar-refractivity contribution in [2.75, 3.05) is 31.1 Å². The van der Waals surface area contributed by atoms with Gasteiger partial charge in [0.2, 0.25) is 0 Å². The molecule has 2 fully saturated rings. The van der Waals surface area contributed by atoms with Crippen LogP contribution in [0.4, 0.5) is 10.1 Å². The van der Waals surface area contributed by atoms with E-state index in [0.29, 0.717) is 12.2 Å². The number of morpholine rings is 1. The van der Waals surface area contributed by atoms with Gasteiger partial charge in [-0.25, -0.2) is 4.39 Å². The molecule has 0 bridgehead atoms. The van der Waals surface area contributed by atoms with Gasteiger partial charge in [-0.1, -0.05) is 6.07 Å². The molecule has 1 amide bonds. The van der Waals surface area contributed by atoms with Gasteiger partial charge in [-0.15, -0.1) is 0 Å². The van der Waals surface area contributed by atoms with Crippen molar-refractivity contribution < 1.29 is 13.9 Å². The van der Waals surface area contributed by atoms with E-state index < -0.39 is 0 Å². The molecule has 28 heavy (non-hydrogen) atoms. The Morgan fingerprint density at radius 3 is 2.96 bits per heavy atom. The third kappa shape index (κ3) is 4.08. The van der Waals surface area contributed by atoms with Crippen LogP contribution in [0.3, 0.4) is 0 Å². The summed E-state index contributed by atoms with van der Waals surface area (Å²) in [5.74, 6) is -0.435. The topological polar surface area (TPSA) is 45.7 Å². The van der Waals surface area contributed by atoms with Gasteiger partial charge < -0.3 is 9.64 Å².